The molecule has 1 unspecified atom stereocenters. The molecule has 1 atom stereocenters. The summed E-state index contributed by atoms with van der Waals surface area (Å²) >= 11 is 0. The van der Waals surface area contributed by atoms with E-state index in [1.807, 2.05) is 13.8 Å². The number of halogens is 1. The minimum atomic E-state index is -0.385. The molecule has 0 amide bonds. The molecule has 1 N–H and O–H groups in total. The summed E-state index contributed by atoms with van der Waals surface area (Å²) < 4.78 is 15.0. The lowest BCUT2D eigenvalue weighted by molar-refractivity contribution is 0.184. The van der Waals surface area contributed by atoms with E-state index >= 15 is 0 Å². The molecule has 5 heteroatoms. The fourth-order valence-electron chi connectivity index (χ4n) is 1.74. The third-order valence-corrected chi connectivity index (χ3v) is 2.72. The minimum absolute atomic E-state index is 0.0351. The molecule has 4 nitrogen and oxygen atoms in total. The van der Waals surface area contributed by atoms with Crippen LogP contribution in [0.2, 0.25) is 0 Å². The summed E-state index contributed by atoms with van der Waals surface area (Å²) in [6.45, 7) is 3.92. The van der Waals surface area contributed by atoms with Crippen molar-refractivity contribution in [1.82, 2.24) is 15.0 Å². The van der Waals surface area contributed by atoms with Crippen LogP contribution >= 0.6 is 0 Å². The van der Waals surface area contributed by atoms with Gasteiger partial charge in [-0.3, -0.25) is 0 Å². The minimum Gasteiger partial charge on any atom is -0.394 e. The summed E-state index contributed by atoms with van der Waals surface area (Å²) in [6.07, 6.45) is 0. The molecule has 2 rings (SSSR count). The van der Waals surface area contributed by atoms with Crippen LogP contribution < -0.4 is 0 Å². The van der Waals surface area contributed by atoms with Crippen LogP contribution in [0.15, 0.2) is 18.2 Å². The SMILES string of the molecule is CC(C)C(CO)n1nnc2c(F)cccc21. The Morgan fingerprint density at radius 2 is 2.19 bits per heavy atom. The zero-order valence-electron chi connectivity index (χ0n) is 9.26. The van der Waals surface area contributed by atoms with Crippen LogP contribution in [-0.4, -0.2) is 26.7 Å². The van der Waals surface area contributed by atoms with E-state index in [-0.39, 0.29) is 29.9 Å². The number of hydrogen-bond acceptors (Lipinski definition) is 3. The molecular formula is C11H14FN3O. The van der Waals surface area contributed by atoms with E-state index in [0.717, 1.165) is 0 Å². The highest BCUT2D eigenvalue weighted by molar-refractivity contribution is 5.74. The topological polar surface area (TPSA) is 50.9 Å². The van der Waals surface area contributed by atoms with Crippen molar-refractivity contribution >= 4 is 11.0 Å². The van der Waals surface area contributed by atoms with Gasteiger partial charge in [0, 0.05) is 0 Å². The molecule has 1 aromatic carbocycles. The Kier molecular flexibility index (Phi) is 2.87. The number of benzene rings is 1. The molecule has 0 aliphatic carbocycles. The summed E-state index contributed by atoms with van der Waals surface area (Å²) in [4.78, 5) is 0. The fourth-order valence-corrected chi connectivity index (χ4v) is 1.74. The summed E-state index contributed by atoms with van der Waals surface area (Å²) in [7, 11) is 0. The van der Waals surface area contributed by atoms with Crippen molar-refractivity contribution < 1.29 is 9.50 Å². The van der Waals surface area contributed by atoms with Crippen molar-refractivity contribution in [2.24, 2.45) is 5.92 Å². The molecule has 0 aliphatic heterocycles. The average molecular weight is 223 g/mol. The second-order valence-corrected chi connectivity index (χ2v) is 4.14. The zero-order valence-corrected chi connectivity index (χ0v) is 9.26. The number of fused-ring (bicyclic) bond motifs is 1. The summed E-state index contributed by atoms with van der Waals surface area (Å²) in [5.74, 6) is -0.178. The Morgan fingerprint density at radius 3 is 2.81 bits per heavy atom. The Bertz CT molecular complexity index is 495. The van der Waals surface area contributed by atoms with Gasteiger partial charge >= 0.3 is 0 Å². The quantitative estimate of drug-likeness (QED) is 0.862. The first-order valence-electron chi connectivity index (χ1n) is 5.25. The third kappa shape index (κ3) is 1.67. The van der Waals surface area contributed by atoms with Crippen LogP contribution in [0.4, 0.5) is 4.39 Å². The van der Waals surface area contributed by atoms with E-state index in [4.69, 9.17) is 0 Å². The smallest absolute Gasteiger partial charge is 0.152 e. The number of rotatable bonds is 3. The van der Waals surface area contributed by atoms with E-state index in [1.165, 1.54) is 6.07 Å². The molecule has 0 saturated heterocycles. The molecule has 1 aromatic heterocycles. The molecular weight excluding hydrogens is 209 g/mol. The monoisotopic (exact) mass is 223 g/mol. The normalized spacial score (nSPS) is 13.6. The maximum absolute atomic E-state index is 13.4. The van der Waals surface area contributed by atoms with E-state index in [9.17, 15) is 9.50 Å². The second-order valence-electron chi connectivity index (χ2n) is 4.14. The van der Waals surface area contributed by atoms with Crippen molar-refractivity contribution in [3.63, 3.8) is 0 Å². The number of aliphatic hydroxyl groups excluding tert-OH is 1. The molecule has 16 heavy (non-hydrogen) atoms. The van der Waals surface area contributed by atoms with E-state index in [0.29, 0.717) is 5.52 Å². The molecule has 86 valence electrons. The zero-order chi connectivity index (χ0) is 11.7. The molecule has 1 heterocycles. The third-order valence-electron chi connectivity index (χ3n) is 2.72. The van der Waals surface area contributed by atoms with Gasteiger partial charge < -0.3 is 5.11 Å². The van der Waals surface area contributed by atoms with Crippen molar-refractivity contribution in [3.8, 4) is 0 Å². The number of hydrogen-bond donors (Lipinski definition) is 1. The van der Waals surface area contributed by atoms with Gasteiger partial charge in [-0.1, -0.05) is 25.1 Å². The van der Waals surface area contributed by atoms with Crippen LogP contribution in [0.5, 0.6) is 0 Å². The van der Waals surface area contributed by atoms with Crippen LogP contribution in [-0.2, 0) is 0 Å². The van der Waals surface area contributed by atoms with Gasteiger partial charge in [0.2, 0.25) is 0 Å². The van der Waals surface area contributed by atoms with Crippen LogP contribution in [0.1, 0.15) is 19.9 Å². The van der Waals surface area contributed by atoms with Gasteiger partial charge in [0.1, 0.15) is 5.52 Å². The van der Waals surface area contributed by atoms with Gasteiger partial charge in [-0.15, -0.1) is 5.10 Å². The number of aromatic nitrogens is 3. The molecule has 0 saturated carbocycles. The first kappa shape index (κ1) is 11.0. The van der Waals surface area contributed by atoms with Crippen molar-refractivity contribution in [2.45, 2.75) is 19.9 Å². The Balaban J connectivity index is 2.57. The standard InChI is InChI=1S/C11H14FN3O/c1-7(2)10(6-16)15-9-5-3-4-8(12)11(9)13-14-15/h3-5,7,10,16H,6H2,1-2H3. The van der Waals surface area contributed by atoms with Crippen molar-refractivity contribution in [2.75, 3.05) is 6.61 Å². The van der Waals surface area contributed by atoms with E-state index in [2.05, 4.69) is 10.3 Å². The Morgan fingerprint density at radius 1 is 1.44 bits per heavy atom. The molecule has 0 spiro atoms. The number of aliphatic hydroxyl groups is 1. The Hall–Kier alpha value is -1.49. The lowest BCUT2D eigenvalue weighted by atomic mass is 10.1. The second kappa shape index (κ2) is 4.17. The molecule has 0 bridgehead atoms. The first-order chi connectivity index (χ1) is 7.65. The van der Waals surface area contributed by atoms with E-state index < -0.39 is 0 Å². The summed E-state index contributed by atoms with van der Waals surface area (Å²) in [6, 6.07) is 4.55. The van der Waals surface area contributed by atoms with Gasteiger partial charge in [-0.05, 0) is 18.1 Å². The highest BCUT2D eigenvalue weighted by Crippen LogP contribution is 2.22. The highest BCUT2D eigenvalue weighted by atomic mass is 19.1. The maximum Gasteiger partial charge on any atom is 0.152 e. The Labute approximate surface area is 92.7 Å². The lowest BCUT2D eigenvalue weighted by Gasteiger charge is -2.18. The largest absolute Gasteiger partial charge is 0.394 e. The van der Waals surface area contributed by atoms with E-state index in [1.54, 1.807) is 16.8 Å². The van der Waals surface area contributed by atoms with Gasteiger partial charge in [0.15, 0.2) is 5.82 Å². The van der Waals surface area contributed by atoms with Crippen molar-refractivity contribution in [1.29, 1.82) is 0 Å². The molecule has 0 radical (unpaired) electrons. The summed E-state index contributed by atoms with van der Waals surface area (Å²) in [5.41, 5.74) is 0.870. The first-order valence-corrected chi connectivity index (χ1v) is 5.25. The van der Waals surface area contributed by atoms with Gasteiger partial charge in [-0.2, -0.15) is 0 Å². The van der Waals surface area contributed by atoms with Gasteiger partial charge in [-0.25, -0.2) is 9.07 Å². The molecule has 0 aliphatic rings. The van der Waals surface area contributed by atoms with Gasteiger partial charge in [0.25, 0.3) is 0 Å². The molecule has 0 fully saturated rings. The average Bonchev–Trinajstić information content (AvgIpc) is 2.64. The highest BCUT2D eigenvalue weighted by Gasteiger charge is 2.19. The number of nitrogens with zero attached hydrogens (tertiary/aromatic N) is 3. The lowest BCUT2D eigenvalue weighted by Crippen LogP contribution is -2.20. The summed E-state index contributed by atoms with van der Waals surface area (Å²) in [5, 5.41) is 17.0. The van der Waals surface area contributed by atoms with Crippen molar-refractivity contribution in [3.05, 3.63) is 24.0 Å². The maximum atomic E-state index is 13.4. The van der Waals surface area contributed by atoms with Gasteiger partial charge in [0.05, 0.1) is 18.2 Å². The molecule has 2 aromatic rings. The van der Waals surface area contributed by atoms with Crippen LogP contribution in [0, 0.1) is 11.7 Å². The van der Waals surface area contributed by atoms with Crippen LogP contribution in [0.3, 0.4) is 0 Å². The predicted molar refractivity (Wildman–Crippen MR) is 58.4 cm³/mol. The van der Waals surface area contributed by atoms with Crippen LogP contribution in [0.25, 0.3) is 11.0 Å². The predicted octanol–water partition coefficient (Wildman–Crippen LogP) is 1.76. The fraction of sp³-hybridized carbons (Fsp3) is 0.455.